The Morgan fingerprint density at radius 2 is 1.69 bits per heavy atom. The third-order valence-electron chi connectivity index (χ3n) is 3.89. The highest BCUT2D eigenvalue weighted by Gasteiger charge is 2.07. The molecule has 7 nitrogen and oxygen atoms in total. The van der Waals surface area contributed by atoms with Crippen molar-refractivity contribution in [1.82, 2.24) is 0 Å². The first-order chi connectivity index (χ1) is 14.1. The van der Waals surface area contributed by atoms with E-state index in [1.165, 1.54) is 6.08 Å². The summed E-state index contributed by atoms with van der Waals surface area (Å²) in [5.41, 5.74) is 1.76. The molecular weight excluding hydrogens is 374 g/mol. The molecule has 2 aromatic carbocycles. The smallest absolute Gasteiger partial charge is 0.338 e. The first-order valence-corrected chi connectivity index (χ1v) is 9.13. The minimum Gasteiger partial charge on any atom is -0.493 e. The van der Waals surface area contributed by atoms with Crippen LogP contribution in [0.3, 0.4) is 0 Å². The van der Waals surface area contributed by atoms with Crippen LogP contribution < -0.4 is 14.8 Å². The van der Waals surface area contributed by atoms with E-state index in [1.807, 2.05) is 13.0 Å². The lowest BCUT2D eigenvalue weighted by Crippen LogP contribution is -2.11. The van der Waals surface area contributed by atoms with Gasteiger partial charge in [-0.3, -0.25) is 4.79 Å². The summed E-state index contributed by atoms with van der Waals surface area (Å²) in [6, 6.07) is 11.8. The zero-order valence-corrected chi connectivity index (χ0v) is 16.8. The SMILES string of the molecule is CCOCCOC(=O)c1ccc(NC(=O)/C=C/c2ccc(OC)c(OC)c2)cc1. The number of hydrogen-bond donors (Lipinski definition) is 1. The second-order valence-electron chi connectivity index (χ2n) is 5.85. The van der Waals surface area contributed by atoms with Crippen molar-refractivity contribution in [3.05, 3.63) is 59.7 Å². The highest BCUT2D eigenvalue weighted by Crippen LogP contribution is 2.27. The Hall–Kier alpha value is -3.32. The maximum Gasteiger partial charge on any atom is 0.338 e. The molecule has 0 spiro atoms. The standard InChI is InChI=1S/C22H25NO6/c1-4-28-13-14-29-22(25)17-7-9-18(10-8-17)23-21(24)12-6-16-5-11-19(26-2)20(15-16)27-3/h5-12,15H,4,13-14H2,1-3H3,(H,23,24)/b12-6+. The topological polar surface area (TPSA) is 83.1 Å². The molecule has 1 N–H and O–H groups in total. The minimum absolute atomic E-state index is 0.200. The monoisotopic (exact) mass is 399 g/mol. The number of anilines is 1. The van der Waals surface area contributed by atoms with Crippen molar-refractivity contribution in [2.75, 3.05) is 39.4 Å². The molecule has 0 aromatic heterocycles. The van der Waals surface area contributed by atoms with Crippen molar-refractivity contribution < 1.29 is 28.5 Å². The van der Waals surface area contributed by atoms with Crippen LogP contribution in [0.2, 0.25) is 0 Å². The number of nitrogens with one attached hydrogen (secondary N) is 1. The van der Waals surface area contributed by atoms with Gasteiger partial charge in [-0.25, -0.2) is 4.79 Å². The second kappa shape index (κ2) is 11.5. The van der Waals surface area contributed by atoms with Crippen molar-refractivity contribution in [3.63, 3.8) is 0 Å². The lowest BCUT2D eigenvalue weighted by atomic mass is 10.2. The molecule has 0 saturated heterocycles. The fourth-order valence-electron chi connectivity index (χ4n) is 2.42. The summed E-state index contributed by atoms with van der Waals surface area (Å²) < 4.78 is 20.6. The number of carbonyl (C=O) groups is 2. The zero-order chi connectivity index (χ0) is 21.1. The lowest BCUT2D eigenvalue weighted by Gasteiger charge is -2.08. The molecule has 0 bridgehead atoms. The van der Waals surface area contributed by atoms with Gasteiger partial charge in [-0.2, -0.15) is 0 Å². The molecule has 29 heavy (non-hydrogen) atoms. The molecule has 0 radical (unpaired) electrons. The van der Waals surface area contributed by atoms with Gasteiger partial charge in [-0.15, -0.1) is 0 Å². The molecule has 0 heterocycles. The van der Waals surface area contributed by atoms with Crippen LogP contribution in [0.4, 0.5) is 5.69 Å². The lowest BCUT2D eigenvalue weighted by molar-refractivity contribution is -0.111. The number of carbonyl (C=O) groups excluding carboxylic acids is 2. The van der Waals surface area contributed by atoms with Crippen LogP contribution in [0.15, 0.2) is 48.5 Å². The molecule has 0 aliphatic rings. The van der Waals surface area contributed by atoms with E-state index in [2.05, 4.69) is 5.32 Å². The van der Waals surface area contributed by atoms with Gasteiger partial charge in [0.1, 0.15) is 6.61 Å². The quantitative estimate of drug-likeness (QED) is 0.374. The summed E-state index contributed by atoms with van der Waals surface area (Å²) in [4.78, 5) is 24.0. The molecule has 2 aromatic rings. The van der Waals surface area contributed by atoms with E-state index in [-0.39, 0.29) is 12.5 Å². The summed E-state index contributed by atoms with van der Waals surface area (Å²) >= 11 is 0. The minimum atomic E-state index is -0.434. The van der Waals surface area contributed by atoms with Crippen molar-refractivity contribution in [3.8, 4) is 11.5 Å². The predicted octanol–water partition coefficient (Wildman–Crippen LogP) is 3.55. The van der Waals surface area contributed by atoms with E-state index in [4.69, 9.17) is 18.9 Å². The number of hydrogen-bond acceptors (Lipinski definition) is 6. The van der Waals surface area contributed by atoms with Crippen LogP contribution >= 0.6 is 0 Å². The Labute approximate surface area is 170 Å². The number of rotatable bonds is 10. The van der Waals surface area contributed by atoms with Crippen molar-refractivity contribution in [1.29, 1.82) is 0 Å². The summed E-state index contributed by atoms with van der Waals surface area (Å²) in [6.07, 6.45) is 3.08. The maximum atomic E-state index is 12.1. The van der Waals surface area contributed by atoms with Gasteiger partial charge >= 0.3 is 5.97 Å². The van der Waals surface area contributed by atoms with Crippen molar-refractivity contribution >= 4 is 23.6 Å². The fourth-order valence-corrected chi connectivity index (χ4v) is 2.42. The van der Waals surface area contributed by atoms with Crippen LogP contribution in [0.25, 0.3) is 6.08 Å². The number of amides is 1. The molecule has 0 unspecified atom stereocenters. The Bertz CT molecular complexity index is 845. The van der Waals surface area contributed by atoms with E-state index >= 15 is 0 Å². The van der Waals surface area contributed by atoms with Crippen molar-refractivity contribution in [2.45, 2.75) is 6.92 Å². The summed E-state index contributed by atoms with van der Waals surface area (Å²) in [5, 5.41) is 2.74. The van der Waals surface area contributed by atoms with Gasteiger partial charge in [0.05, 0.1) is 26.4 Å². The van der Waals surface area contributed by atoms with E-state index in [0.717, 1.165) is 5.56 Å². The van der Waals surface area contributed by atoms with Crippen molar-refractivity contribution in [2.24, 2.45) is 0 Å². The molecule has 0 aliphatic heterocycles. The van der Waals surface area contributed by atoms with Crippen LogP contribution in [-0.4, -0.2) is 45.9 Å². The second-order valence-corrected chi connectivity index (χ2v) is 5.85. The largest absolute Gasteiger partial charge is 0.493 e. The summed E-state index contributed by atoms with van der Waals surface area (Å²) in [6.45, 7) is 3.01. The predicted molar refractivity (Wildman–Crippen MR) is 110 cm³/mol. The van der Waals surface area contributed by atoms with Crippen LogP contribution in [-0.2, 0) is 14.3 Å². The molecular formula is C22H25NO6. The Morgan fingerprint density at radius 1 is 0.966 bits per heavy atom. The molecule has 0 aliphatic carbocycles. The van der Waals surface area contributed by atoms with Gasteiger partial charge in [-0.1, -0.05) is 6.07 Å². The third kappa shape index (κ3) is 6.97. The van der Waals surface area contributed by atoms with E-state index in [1.54, 1.807) is 56.7 Å². The summed E-state index contributed by atoms with van der Waals surface area (Å²) in [5.74, 6) is 0.465. The molecule has 154 valence electrons. The highest BCUT2D eigenvalue weighted by molar-refractivity contribution is 6.02. The normalized spacial score (nSPS) is 10.6. The number of esters is 1. The van der Waals surface area contributed by atoms with Crippen LogP contribution in [0.1, 0.15) is 22.8 Å². The van der Waals surface area contributed by atoms with Gasteiger partial charge in [-0.05, 0) is 55.0 Å². The molecule has 2 rings (SSSR count). The zero-order valence-electron chi connectivity index (χ0n) is 16.8. The highest BCUT2D eigenvalue weighted by atomic mass is 16.6. The Balaban J connectivity index is 1.90. The first kappa shape index (κ1) is 22.0. The maximum absolute atomic E-state index is 12.1. The average Bonchev–Trinajstić information content (AvgIpc) is 2.75. The number of ether oxygens (including phenoxy) is 4. The third-order valence-corrected chi connectivity index (χ3v) is 3.89. The molecule has 0 fully saturated rings. The van der Waals surface area contributed by atoms with Gasteiger partial charge < -0.3 is 24.3 Å². The molecule has 1 amide bonds. The molecule has 7 heteroatoms. The summed E-state index contributed by atoms with van der Waals surface area (Å²) in [7, 11) is 3.11. The van der Waals surface area contributed by atoms with Crippen LogP contribution in [0, 0.1) is 0 Å². The Kier molecular flexibility index (Phi) is 8.72. The number of methoxy groups -OCH3 is 2. The fraction of sp³-hybridized carbons (Fsp3) is 0.273. The number of benzene rings is 2. The average molecular weight is 399 g/mol. The van der Waals surface area contributed by atoms with Gasteiger partial charge in [0.25, 0.3) is 0 Å². The van der Waals surface area contributed by atoms with E-state index in [0.29, 0.717) is 36.0 Å². The van der Waals surface area contributed by atoms with E-state index in [9.17, 15) is 9.59 Å². The molecule has 0 saturated carbocycles. The van der Waals surface area contributed by atoms with Gasteiger partial charge in [0.2, 0.25) is 5.91 Å². The first-order valence-electron chi connectivity index (χ1n) is 9.13. The Morgan fingerprint density at radius 3 is 2.34 bits per heavy atom. The van der Waals surface area contributed by atoms with Gasteiger partial charge in [0.15, 0.2) is 11.5 Å². The van der Waals surface area contributed by atoms with Crippen LogP contribution in [0.5, 0.6) is 11.5 Å². The molecule has 0 atom stereocenters. The van der Waals surface area contributed by atoms with E-state index < -0.39 is 5.97 Å². The van der Waals surface area contributed by atoms with Gasteiger partial charge in [0, 0.05) is 18.4 Å².